The van der Waals surface area contributed by atoms with Crippen LogP contribution < -0.4 is 4.90 Å². The lowest BCUT2D eigenvalue weighted by atomic mass is 10.00. The van der Waals surface area contributed by atoms with Crippen LogP contribution in [0.1, 0.15) is 0 Å². The predicted octanol–water partition coefficient (Wildman–Crippen LogP) is 2.33. The molecule has 2 rings (SSSR count). The van der Waals surface area contributed by atoms with Gasteiger partial charge in [-0.15, -0.1) is 0 Å². The molecule has 0 aromatic heterocycles. The van der Waals surface area contributed by atoms with Crippen LogP contribution in [0.25, 0.3) is 0 Å². The minimum Gasteiger partial charge on any atom is -0.396 e. The fraction of sp³-hybridized carbons (Fsp3) is 0.400. The number of aliphatic hydroxyl groups is 1. The SMILES string of the molecule is O=[N+]([O-])c1cc(Cl)c(Cl)cc1N1CC(CO)C1. The quantitative estimate of drug-likeness (QED) is 0.680. The number of hydrogen-bond acceptors (Lipinski definition) is 4. The molecular formula is C10H10Cl2N2O3. The average molecular weight is 277 g/mol. The molecule has 0 spiro atoms. The van der Waals surface area contributed by atoms with Crippen molar-refractivity contribution in [3.63, 3.8) is 0 Å². The number of rotatable bonds is 3. The monoisotopic (exact) mass is 276 g/mol. The third-order valence-corrected chi connectivity index (χ3v) is 3.49. The van der Waals surface area contributed by atoms with Gasteiger partial charge in [0.25, 0.3) is 5.69 Å². The summed E-state index contributed by atoms with van der Waals surface area (Å²) in [6, 6.07) is 2.75. The topological polar surface area (TPSA) is 66.6 Å². The first-order valence-electron chi connectivity index (χ1n) is 5.02. The van der Waals surface area contributed by atoms with Crippen molar-refractivity contribution in [1.29, 1.82) is 0 Å². The molecule has 1 aromatic rings. The van der Waals surface area contributed by atoms with Gasteiger partial charge in [0.2, 0.25) is 0 Å². The maximum absolute atomic E-state index is 10.9. The van der Waals surface area contributed by atoms with Crippen molar-refractivity contribution in [2.24, 2.45) is 5.92 Å². The summed E-state index contributed by atoms with van der Waals surface area (Å²) in [4.78, 5) is 12.2. The summed E-state index contributed by atoms with van der Waals surface area (Å²) in [6.07, 6.45) is 0. The highest BCUT2D eigenvalue weighted by atomic mass is 35.5. The molecule has 0 bridgehead atoms. The summed E-state index contributed by atoms with van der Waals surface area (Å²) in [5.41, 5.74) is 0.393. The van der Waals surface area contributed by atoms with Crippen LogP contribution in [0.15, 0.2) is 12.1 Å². The third-order valence-electron chi connectivity index (χ3n) is 2.77. The first-order chi connectivity index (χ1) is 8.02. The molecule has 92 valence electrons. The molecule has 1 aliphatic rings. The molecule has 0 atom stereocenters. The molecule has 1 fully saturated rings. The minimum absolute atomic E-state index is 0.0595. The molecule has 0 amide bonds. The molecule has 7 heteroatoms. The zero-order valence-corrected chi connectivity index (χ0v) is 10.3. The summed E-state index contributed by atoms with van der Waals surface area (Å²) in [5, 5.41) is 20.3. The van der Waals surface area contributed by atoms with Gasteiger partial charge in [-0.05, 0) is 6.07 Å². The van der Waals surface area contributed by atoms with Gasteiger partial charge >= 0.3 is 0 Å². The van der Waals surface area contributed by atoms with E-state index in [9.17, 15) is 10.1 Å². The van der Waals surface area contributed by atoms with Crippen LogP contribution in [0, 0.1) is 16.0 Å². The standard InChI is InChI=1S/C10H10Cl2N2O3/c11-7-1-9(13-3-6(4-13)5-15)10(14(16)17)2-8(7)12/h1-2,6,15H,3-5H2. The zero-order chi connectivity index (χ0) is 12.6. The van der Waals surface area contributed by atoms with E-state index in [1.54, 1.807) is 4.90 Å². The Morgan fingerprint density at radius 1 is 1.41 bits per heavy atom. The number of aliphatic hydroxyl groups excluding tert-OH is 1. The second-order valence-corrected chi connectivity index (χ2v) is 4.78. The van der Waals surface area contributed by atoms with Gasteiger partial charge in [-0.1, -0.05) is 23.2 Å². The van der Waals surface area contributed by atoms with Gasteiger partial charge in [0, 0.05) is 31.7 Å². The summed E-state index contributed by atoms with van der Waals surface area (Å²) in [7, 11) is 0. The minimum atomic E-state index is -0.482. The molecule has 5 nitrogen and oxygen atoms in total. The molecule has 0 radical (unpaired) electrons. The number of anilines is 1. The smallest absolute Gasteiger partial charge is 0.294 e. The summed E-state index contributed by atoms with van der Waals surface area (Å²) in [6.45, 7) is 1.27. The Balaban J connectivity index is 2.33. The Hall–Kier alpha value is -1.04. The van der Waals surface area contributed by atoms with E-state index < -0.39 is 4.92 Å². The maximum Gasteiger partial charge on any atom is 0.294 e. The van der Waals surface area contributed by atoms with E-state index in [1.165, 1.54) is 12.1 Å². The van der Waals surface area contributed by atoms with Gasteiger partial charge in [-0.3, -0.25) is 10.1 Å². The molecule has 0 saturated carbocycles. The van der Waals surface area contributed by atoms with Crippen molar-refractivity contribution in [3.8, 4) is 0 Å². The van der Waals surface area contributed by atoms with Gasteiger partial charge in [0.15, 0.2) is 0 Å². The Kier molecular flexibility index (Phi) is 3.42. The van der Waals surface area contributed by atoms with Gasteiger partial charge < -0.3 is 10.0 Å². The Morgan fingerprint density at radius 2 is 2.00 bits per heavy atom. The van der Waals surface area contributed by atoms with Crippen molar-refractivity contribution in [1.82, 2.24) is 0 Å². The second kappa shape index (κ2) is 4.68. The van der Waals surface area contributed by atoms with Crippen LogP contribution in [0.4, 0.5) is 11.4 Å². The van der Waals surface area contributed by atoms with E-state index in [0.29, 0.717) is 23.8 Å². The molecule has 0 unspecified atom stereocenters. The average Bonchev–Trinajstić information content (AvgIpc) is 2.21. The summed E-state index contributed by atoms with van der Waals surface area (Å²) >= 11 is 11.6. The Labute approximate surface area is 108 Å². The van der Waals surface area contributed by atoms with Crippen molar-refractivity contribution in [3.05, 3.63) is 32.3 Å². The normalized spacial score (nSPS) is 15.8. The number of nitrogens with zero attached hydrogens (tertiary/aromatic N) is 2. The van der Waals surface area contributed by atoms with Gasteiger partial charge in [-0.2, -0.15) is 0 Å². The molecule has 1 aromatic carbocycles. The van der Waals surface area contributed by atoms with Crippen LogP contribution in [-0.2, 0) is 0 Å². The van der Waals surface area contributed by atoms with E-state index >= 15 is 0 Å². The van der Waals surface area contributed by atoms with E-state index in [0.717, 1.165) is 0 Å². The molecule has 1 aliphatic heterocycles. The highest BCUT2D eigenvalue weighted by molar-refractivity contribution is 6.42. The predicted molar refractivity (Wildman–Crippen MR) is 65.9 cm³/mol. The fourth-order valence-corrected chi connectivity index (χ4v) is 2.12. The number of nitro groups is 1. The molecule has 1 heterocycles. The molecular weight excluding hydrogens is 267 g/mol. The number of halogens is 2. The van der Waals surface area contributed by atoms with Crippen LogP contribution >= 0.6 is 23.2 Å². The number of nitro benzene ring substituents is 1. The number of hydrogen-bond donors (Lipinski definition) is 1. The Bertz CT molecular complexity index is 461. The highest BCUT2D eigenvalue weighted by Gasteiger charge is 2.31. The lowest BCUT2D eigenvalue weighted by molar-refractivity contribution is -0.384. The van der Waals surface area contributed by atoms with Crippen molar-refractivity contribution < 1.29 is 10.0 Å². The fourth-order valence-electron chi connectivity index (χ4n) is 1.81. The molecule has 1 saturated heterocycles. The third kappa shape index (κ3) is 2.31. The largest absolute Gasteiger partial charge is 0.396 e. The Morgan fingerprint density at radius 3 is 2.53 bits per heavy atom. The van der Waals surface area contributed by atoms with Crippen LogP contribution in [-0.4, -0.2) is 29.7 Å². The zero-order valence-electron chi connectivity index (χ0n) is 8.77. The van der Waals surface area contributed by atoms with Crippen molar-refractivity contribution >= 4 is 34.6 Å². The summed E-state index contributed by atoms with van der Waals surface area (Å²) < 4.78 is 0. The lowest BCUT2D eigenvalue weighted by Gasteiger charge is -2.39. The van der Waals surface area contributed by atoms with Crippen molar-refractivity contribution in [2.75, 3.05) is 24.6 Å². The first kappa shape index (κ1) is 12.4. The van der Waals surface area contributed by atoms with Gasteiger partial charge in [-0.25, -0.2) is 0 Å². The first-order valence-corrected chi connectivity index (χ1v) is 5.77. The molecule has 0 aliphatic carbocycles. The highest BCUT2D eigenvalue weighted by Crippen LogP contribution is 2.38. The van der Waals surface area contributed by atoms with Crippen LogP contribution in [0.5, 0.6) is 0 Å². The van der Waals surface area contributed by atoms with Gasteiger partial charge in [0.05, 0.1) is 15.0 Å². The van der Waals surface area contributed by atoms with Crippen molar-refractivity contribution in [2.45, 2.75) is 0 Å². The van der Waals surface area contributed by atoms with E-state index in [2.05, 4.69) is 0 Å². The van der Waals surface area contributed by atoms with E-state index in [1.807, 2.05) is 0 Å². The van der Waals surface area contributed by atoms with Crippen LogP contribution in [0.2, 0.25) is 10.0 Å². The van der Waals surface area contributed by atoms with E-state index in [-0.39, 0.29) is 23.2 Å². The molecule has 1 N–H and O–H groups in total. The molecule has 17 heavy (non-hydrogen) atoms. The van der Waals surface area contributed by atoms with E-state index in [4.69, 9.17) is 28.3 Å². The van der Waals surface area contributed by atoms with Crippen LogP contribution in [0.3, 0.4) is 0 Å². The summed E-state index contributed by atoms with van der Waals surface area (Å²) in [5.74, 6) is 0.170. The number of benzene rings is 1. The second-order valence-electron chi connectivity index (χ2n) is 3.97. The van der Waals surface area contributed by atoms with Gasteiger partial charge in [0.1, 0.15) is 5.69 Å². The maximum atomic E-state index is 10.9. The lowest BCUT2D eigenvalue weighted by Crippen LogP contribution is -2.48.